The van der Waals surface area contributed by atoms with Crippen LogP contribution in [0.4, 0.5) is 10.1 Å². The SMILES string of the molecule is O=C(Nc1ccccc1CO)c1ccc(F)cc1. The zero-order valence-corrected chi connectivity index (χ0v) is 9.56. The highest BCUT2D eigenvalue weighted by Crippen LogP contribution is 2.16. The van der Waals surface area contributed by atoms with Crippen LogP contribution in [0.1, 0.15) is 15.9 Å². The van der Waals surface area contributed by atoms with Gasteiger partial charge in [0.2, 0.25) is 0 Å². The molecule has 2 aromatic carbocycles. The van der Waals surface area contributed by atoms with Crippen molar-refractivity contribution in [3.8, 4) is 0 Å². The number of rotatable bonds is 3. The Morgan fingerprint density at radius 3 is 2.44 bits per heavy atom. The van der Waals surface area contributed by atoms with Crippen LogP contribution in [0.2, 0.25) is 0 Å². The van der Waals surface area contributed by atoms with Crippen molar-refractivity contribution in [1.82, 2.24) is 0 Å². The van der Waals surface area contributed by atoms with Gasteiger partial charge in [0.05, 0.1) is 6.61 Å². The van der Waals surface area contributed by atoms with Crippen LogP contribution in [0.3, 0.4) is 0 Å². The Hall–Kier alpha value is -2.20. The molecule has 0 fully saturated rings. The van der Waals surface area contributed by atoms with E-state index < -0.39 is 0 Å². The molecule has 1 amide bonds. The van der Waals surface area contributed by atoms with Gasteiger partial charge in [-0.05, 0) is 30.3 Å². The molecule has 0 aliphatic heterocycles. The molecule has 2 N–H and O–H groups in total. The number of nitrogens with one attached hydrogen (secondary N) is 1. The number of amides is 1. The van der Waals surface area contributed by atoms with E-state index >= 15 is 0 Å². The lowest BCUT2D eigenvalue weighted by Crippen LogP contribution is -2.13. The Bertz CT molecular complexity index is 552. The van der Waals surface area contributed by atoms with Gasteiger partial charge in [-0.15, -0.1) is 0 Å². The molecule has 0 aromatic heterocycles. The smallest absolute Gasteiger partial charge is 0.255 e. The molecule has 0 radical (unpaired) electrons. The van der Waals surface area contributed by atoms with E-state index in [4.69, 9.17) is 5.11 Å². The summed E-state index contributed by atoms with van der Waals surface area (Å²) in [6, 6.07) is 12.2. The Balaban J connectivity index is 2.18. The van der Waals surface area contributed by atoms with Crippen molar-refractivity contribution < 1.29 is 14.3 Å². The van der Waals surface area contributed by atoms with Gasteiger partial charge in [0.1, 0.15) is 5.82 Å². The highest BCUT2D eigenvalue weighted by atomic mass is 19.1. The van der Waals surface area contributed by atoms with Crippen molar-refractivity contribution in [2.75, 3.05) is 5.32 Å². The van der Waals surface area contributed by atoms with E-state index in [1.54, 1.807) is 24.3 Å². The molecule has 0 heterocycles. The largest absolute Gasteiger partial charge is 0.392 e. The lowest BCUT2D eigenvalue weighted by molar-refractivity contribution is 0.102. The number of carbonyl (C=O) groups is 1. The monoisotopic (exact) mass is 245 g/mol. The summed E-state index contributed by atoms with van der Waals surface area (Å²) in [6.07, 6.45) is 0. The van der Waals surface area contributed by atoms with Gasteiger partial charge >= 0.3 is 0 Å². The molecule has 18 heavy (non-hydrogen) atoms. The number of aliphatic hydroxyl groups is 1. The van der Waals surface area contributed by atoms with Crippen molar-refractivity contribution in [2.24, 2.45) is 0 Å². The Morgan fingerprint density at radius 2 is 1.78 bits per heavy atom. The lowest BCUT2D eigenvalue weighted by atomic mass is 10.1. The van der Waals surface area contributed by atoms with Crippen LogP contribution >= 0.6 is 0 Å². The minimum absolute atomic E-state index is 0.153. The zero-order chi connectivity index (χ0) is 13.0. The van der Waals surface area contributed by atoms with E-state index in [-0.39, 0.29) is 18.3 Å². The van der Waals surface area contributed by atoms with Crippen LogP contribution in [0.5, 0.6) is 0 Å². The van der Waals surface area contributed by atoms with Gasteiger partial charge in [-0.3, -0.25) is 4.79 Å². The number of anilines is 1. The highest BCUT2D eigenvalue weighted by molar-refractivity contribution is 6.04. The molecule has 0 spiro atoms. The normalized spacial score (nSPS) is 10.1. The quantitative estimate of drug-likeness (QED) is 0.873. The first-order chi connectivity index (χ1) is 8.70. The summed E-state index contributed by atoms with van der Waals surface area (Å²) >= 11 is 0. The summed E-state index contributed by atoms with van der Waals surface area (Å²) in [6.45, 7) is -0.153. The van der Waals surface area contributed by atoms with Gasteiger partial charge in [-0.1, -0.05) is 18.2 Å². The molecule has 92 valence electrons. The third-order valence-corrected chi connectivity index (χ3v) is 2.54. The molecule has 2 rings (SSSR count). The molecule has 4 heteroatoms. The lowest BCUT2D eigenvalue weighted by Gasteiger charge is -2.09. The van der Waals surface area contributed by atoms with E-state index in [9.17, 15) is 9.18 Å². The number of halogens is 1. The molecule has 0 saturated heterocycles. The van der Waals surface area contributed by atoms with Gasteiger partial charge in [0.25, 0.3) is 5.91 Å². The van der Waals surface area contributed by atoms with E-state index in [1.165, 1.54) is 24.3 Å². The fourth-order valence-corrected chi connectivity index (χ4v) is 1.58. The third-order valence-electron chi connectivity index (χ3n) is 2.54. The summed E-state index contributed by atoms with van der Waals surface area (Å²) in [5.74, 6) is -0.724. The first-order valence-electron chi connectivity index (χ1n) is 5.46. The average molecular weight is 245 g/mol. The number of aliphatic hydroxyl groups excluding tert-OH is 1. The van der Waals surface area contributed by atoms with E-state index in [2.05, 4.69) is 5.32 Å². The summed E-state index contributed by atoms with van der Waals surface area (Å²) in [5.41, 5.74) is 1.55. The van der Waals surface area contributed by atoms with Crippen molar-refractivity contribution in [3.63, 3.8) is 0 Å². The fourth-order valence-electron chi connectivity index (χ4n) is 1.58. The predicted molar refractivity (Wildman–Crippen MR) is 66.7 cm³/mol. The number of hydrogen-bond donors (Lipinski definition) is 2. The molecular weight excluding hydrogens is 233 g/mol. The molecule has 0 bridgehead atoms. The average Bonchev–Trinajstić information content (AvgIpc) is 2.40. The van der Waals surface area contributed by atoms with Crippen molar-refractivity contribution in [2.45, 2.75) is 6.61 Å². The molecule has 0 aliphatic carbocycles. The molecule has 3 nitrogen and oxygen atoms in total. The van der Waals surface area contributed by atoms with Crippen LogP contribution < -0.4 is 5.32 Å². The van der Waals surface area contributed by atoms with Gasteiger partial charge in [0, 0.05) is 16.8 Å². The predicted octanol–water partition coefficient (Wildman–Crippen LogP) is 2.57. The second-order valence-electron chi connectivity index (χ2n) is 3.78. The summed E-state index contributed by atoms with van der Waals surface area (Å²) in [5, 5.41) is 11.8. The minimum Gasteiger partial charge on any atom is -0.392 e. The first kappa shape index (κ1) is 12.3. The van der Waals surface area contributed by atoms with Crippen molar-refractivity contribution in [3.05, 3.63) is 65.5 Å². The molecule has 0 saturated carbocycles. The van der Waals surface area contributed by atoms with E-state index in [0.717, 1.165) is 0 Å². The highest BCUT2D eigenvalue weighted by Gasteiger charge is 2.08. The van der Waals surface area contributed by atoms with Crippen LogP contribution in [-0.4, -0.2) is 11.0 Å². The third kappa shape index (κ3) is 2.73. The van der Waals surface area contributed by atoms with Crippen molar-refractivity contribution in [1.29, 1.82) is 0 Å². The summed E-state index contributed by atoms with van der Waals surface area (Å²) in [7, 11) is 0. The van der Waals surface area contributed by atoms with Gasteiger partial charge in [-0.25, -0.2) is 4.39 Å². The maximum atomic E-state index is 12.7. The standard InChI is InChI=1S/C14H12FNO2/c15-12-7-5-10(6-8-12)14(18)16-13-4-2-1-3-11(13)9-17/h1-8,17H,9H2,(H,16,18). The van der Waals surface area contributed by atoms with Gasteiger partial charge in [-0.2, -0.15) is 0 Å². The fraction of sp³-hybridized carbons (Fsp3) is 0.0714. The topological polar surface area (TPSA) is 49.3 Å². The number of para-hydroxylation sites is 1. The van der Waals surface area contributed by atoms with Gasteiger partial charge < -0.3 is 10.4 Å². The van der Waals surface area contributed by atoms with E-state index in [1.807, 2.05) is 0 Å². The Morgan fingerprint density at radius 1 is 1.11 bits per heavy atom. The summed E-state index contributed by atoms with van der Waals surface area (Å²) < 4.78 is 12.7. The zero-order valence-electron chi connectivity index (χ0n) is 9.56. The van der Waals surface area contributed by atoms with Crippen molar-refractivity contribution >= 4 is 11.6 Å². The second-order valence-corrected chi connectivity index (χ2v) is 3.78. The molecule has 2 aromatic rings. The number of hydrogen-bond acceptors (Lipinski definition) is 2. The van der Waals surface area contributed by atoms with Crippen LogP contribution in [-0.2, 0) is 6.61 Å². The maximum Gasteiger partial charge on any atom is 0.255 e. The second kappa shape index (κ2) is 5.42. The molecule has 0 atom stereocenters. The molecule has 0 unspecified atom stereocenters. The van der Waals surface area contributed by atoms with Gasteiger partial charge in [0.15, 0.2) is 0 Å². The van der Waals surface area contributed by atoms with Crippen LogP contribution in [0.15, 0.2) is 48.5 Å². The number of benzene rings is 2. The number of carbonyl (C=O) groups excluding carboxylic acids is 1. The Kier molecular flexibility index (Phi) is 3.69. The Labute approximate surface area is 104 Å². The van der Waals surface area contributed by atoms with E-state index in [0.29, 0.717) is 16.8 Å². The van der Waals surface area contributed by atoms with Crippen LogP contribution in [0, 0.1) is 5.82 Å². The minimum atomic E-state index is -0.387. The molecule has 0 aliphatic rings. The first-order valence-corrected chi connectivity index (χ1v) is 5.46. The van der Waals surface area contributed by atoms with Crippen LogP contribution in [0.25, 0.3) is 0 Å². The summed E-state index contributed by atoms with van der Waals surface area (Å²) in [4.78, 5) is 11.9. The maximum absolute atomic E-state index is 12.7. The molecular formula is C14H12FNO2.